The second kappa shape index (κ2) is 6.80. The molecule has 6 heteroatoms. The first kappa shape index (κ1) is 16.6. The average Bonchev–Trinajstić information content (AvgIpc) is 3.04. The van der Waals surface area contributed by atoms with Gasteiger partial charge in [-0.1, -0.05) is 6.07 Å². The first-order valence-corrected chi connectivity index (χ1v) is 8.63. The second-order valence-electron chi connectivity index (χ2n) is 6.50. The molecule has 0 saturated heterocycles. The van der Waals surface area contributed by atoms with E-state index in [1.807, 2.05) is 0 Å². The molecule has 0 spiro atoms. The molecule has 0 fully saturated rings. The van der Waals surface area contributed by atoms with Gasteiger partial charge in [0.2, 0.25) is 0 Å². The lowest BCUT2D eigenvalue weighted by atomic mass is 10.2. The quantitative estimate of drug-likeness (QED) is 0.785. The molecular formula is C20H21N3O3. The Labute approximate surface area is 151 Å². The number of fused-ring (bicyclic) bond motifs is 3. The van der Waals surface area contributed by atoms with Gasteiger partial charge in [-0.05, 0) is 48.9 Å². The fourth-order valence-corrected chi connectivity index (χ4v) is 3.33. The number of carbonyl (C=O) groups excluding carboxylic acids is 1. The predicted octanol–water partition coefficient (Wildman–Crippen LogP) is 2.85. The number of aromatic nitrogens is 2. The Morgan fingerprint density at radius 1 is 1.31 bits per heavy atom. The number of nitrogens with zero attached hydrogens (tertiary/aromatic N) is 2. The SMILES string of the molecule is COc1ccc(C(=O)NCC2COCc3nc4cc(C)ccc4n32)cc1. The maximum absolute atomic E-state index is 12.4. The van der Waals surface area contributed by atoms with Crippen molar-refractivity contribution in [3.05, 3.63) is 59.4 Å². The topological polar surface area (TPSA) is 65.4 Å². The summed E-state index contributed by atoms with van der Waals surface area (Å²) in [5, 5.41) is 3.00. The number of imidazole rings is 1. The molecule has 4 rings (SSSR count). The number of methoxy groups -OCH3 is 1. The van der Waals surface area contributed by atoms with Crippen LogP contribution in [0.1, 0.15) is 27.8 Å². The summed E-state index contributed by atoms with van der Waals surface area (Å²) in [7, 11) is 1.60. The summed E-state index contributed by atoms with van der Waals surface area (Å²) >= 11 is 0. The third-order valence-electron chi connectivity index (χ3n) is 4.68. The molecule has 6 nitrogen and oxygen atoms in total. The van der Waals surface area contributed by atoms with E-state index >= 15 is 0 Å². The number of benzene rings is 2. The van der Waals surface area contributed by atoms with Gasteiger partial charge in [0.05, 0.1) is 30.8 Å². The zero-order chi connectivity index (χ0) is 18.1. The van der Waals surface area contributed by atoms with E-state index < -0.39 is 0 Å². The van der Waals surface area contributed by atoms with Gasteiger partial charge in [-0.3, -0.25) is 4.79 Å². The molecule has 1 aliphatic heterocycles. The first-order valence-electron chi connectivity index (χ1n) is 8.63. The summed E-state index contributed by atoms with van der Waals surface area (Å²) in [6, 6.07) is 13.3. The highest BCUT2D eigenvalue weighted by Gasteiger charge is 2.24. The Morgan fingerprint density at radius 2 is 2.12 bits per heavy atom. The van der Waals surface area contributed by atoms with Crippen LogP contribution in [0.4, 0.5) is 0 Å². The zero-order valence-electron chi connectivity index (χ0n) is 14.9. The highest BCUT2D eigenvalue weighted by atomic mass is 16.5. The summed E-state index contributed by atoms with van der Waals surface area (Å²) in [6.45, 7) is 3.59. The van der Waals surface area contributed by atoms with Crippen molar-refractivity contribution < 1.29 is 14.3 Å². The lowest BCUT2D eigenvalue weighted by molar-refractivity contribution is 0.0553. The standard InChI is InChI=1S/C20H21N3O3/c1-13-3-8-18-17(9-13)22-19-12-26-11-15(23(18)19)10-21-20(24)14-4-6-16(25-2)7-5-14/h3-9,15H,10-12H2,1-2H3,(H,21,24). The van der Waals surface area contributed by atoms with Crippen LogP contribution in [0.3, 0.4) is 0 Å². The van der Waals surface area contributed by atoms with Crippen molar-refractivity contribution in [3.8, 4) is 5.75 Å². The maximum atomic E-state index is 12.4. The van der Waals surface area contributed by atoms with Gasteiger partial charge in [0.15, 0.2) is 0 Å². The maximum Gasteiger partial charge on any atom is 0.251 e. The Hall–Kier alpha value is -2.86. The molecule has 26 heavy (non-hydrogen) atoms. The molecule has 0 radical (unpaired) electrons. The predicted molar refractivity (Wildman–Crippen MR) is 98.5 cm³/mol. The van der Waals surface area contributed by atoms with Crippen LogP contribution in [0.15, 0.2) is 42.5 Å². The summed E-state index contributed by atoms with van der Waals surface area (Å²) in [4.78, 5) is 17.1. The molecule has 1 N–H and O–H groups in total. The fraction of sp³-hybridized carbons (Fsp3) is 0.300. The molecule has 0 aliphatic carbocycles. The molecule has 2 aromatic carbocycles. The summed E-state index contributed by atoms with van der Waals surface area (Å²) in [5.74, 6) is 1.52. The van der Waals surface area contributed by atoms with E-state index in [2.05, 4.69) is 40.0 Å². The van der Waals surface area contributed by atoms with Crippen molar-refractivity contribution in [2.24, 2.45) is 0 Å². The molecular weight excluding hydrogens is 330 g/mol. The second-order valence-corrected chi connectivity index (χ2v) is 6.50. The Kier molecular flexibility index (Phi) is 4.34. The normalized spacial score (nSPS) is 16.3. The summed E-state index contributed by atoms with van der Waals surface area (Å²) in [6.07, 6.45) is 0. The lowest BCUT2D eigenvalue weighted by Gasteiger charge is -2.26. The first-order chi connectivity index (χ1) is 12.7. The number of hydrogen-bond donors (Lipinski definition) is 1. The van der Waals surface area contributed by atoms with Gasteiger partial charge >= 0.3 is 0 Å². The molecule has 134 valence electrons. The molecule has 1 amide bonds. The monoisotopic (exact) mass is 351 g/mol. The summed E-state index contributed by atoms with van der Waals surface area (Å²) < 4.78 is 13.0. The molecule has 2 heterocycles. The van der Waals surface area contributed by atoms with Crippen molar-refractivity contribution in [3.63, 3.8) is 0 Å². The van der Waals surface area contributed by atoms with Crippen molar-refractivity contribution in [1.82, 2.24) is 14.9 Å². The average molecular weight is 351 g/mol. The number of amides is 1. The summed E-state index contributed by atoms with van der Waals surface area (Å²) in [5.41, 5.74) is 3.83. The van der Waals surface area contributed by atoms with E-state index in [0.29, 0.717) is 25.3 Å². The van der Waals surface area contributed by atoms with Crippen LogP contribution in [-0.4, -0.2) is 35.7 Å². The molecule has 3 aromatic rings. The van der Waals surface area contributed by atoms with Crippen LogP contribution in [0.2, 0.25) is 0 Å². The third kappa shape index (κ3) is 3.04. The van der Waals surface area contributed by atoms with Gasteiger partial charge in [0.1, 0.15) is 18.2 Å². The van der Waals surface area contributed by atoms with Crippen molar-refractivity contribution in [2.75, 3.05) is 20.3 Å². The molecule has 1 unspecified atom stereocenters. The Balaban J connectivity index is 1.53. The van der Waals surface area contributed by atoms with Gasteiger partial charge < -0.3 is 19.4 Å². The van der Waals surface area contributed by atoms with E-state index in [0.717, 1.165) is 22.6 Å². The fourth-order valence-electron chi connectivity index (χ4n) is 3.33. The number of carbonyl (C=O) groups is 1. The van der Waals surface area contributed by atoms with E-state index in [4.69, 9.17) is 9.47 Å². The Bertz CT molecular complexity index is 947. The number of hydrogen-bond acceptors (Lipinski definition) is 4. The number of nitrogens with one attached hydrogen (secondary N) is 1. The number of rotatable bonds is 4. The molecule has 1 aliphatic rings. The van der Waals surface area contributed by atoms with Crippen LogP contribution in [0.5, 0.6) is 5.75 Å². The minimum atomic E-state index is -0.111. The van der Waals surface area contributed by atoms with Crippen molar-refractivity contribution >= 4 is 16.9 Å². The van der Waals surface area contributed by atoms with Crippen LogP contribution >= 0.6 is 0 Å². The molecule has 1 atom stereocenters. The van der Waals surface area contributed by atoms with Gasteiger partial charge in [-0.25, -0.2) is 4.98 Å². The van der Waals surface area contributed by atoms with E-state index in [9.17, 15) is 4.79 Å². The van der Waals surface area contributed by atoms with E-state index in [1.54, 1.807) is 31.4 Å². The van der Waals surface area contributed by atoms with Crippen LogP contribution in [0, 0.1) is 6.92 Å². The Morgan fingerprint density at radius 3 is 2.88 bits per heavy atom. The highest BCUT2D eigenvalue weighted by molar-refractivity contribution is 5.94. The molecule has 1 aromatic heterocycles. The van der Waals surface area contributed by atoms with Crippen LogP contribution in [-0.2, 0) is 11.3 Å². The van der Waals surface area contributed by atoms with Crippen molar-refractivity contribution in [1.29, 1.82) is 0 Å². The van der Waals surface area contributed by atoms with Crippen LogP contribution < -0.4 is 10.1 Å². The van der Waals surface area contributed by atoms with E-state index in [1.165, 1.54) is 5.56 Å². The largest absolute Gasteiger partial charge is 0.497 e. The minimum absolute atomic E-state index is 0.0219. The lowest BCUT2D eigenvalue weighted by Crippen LogP contribution is -2.35. The van der Waals surface area contributed by atoms with Gasteiger partial charge in [-0.2, -0.15) is 0 Å². The zero-order valence-corrected chi connectivity index (χ0v) is 14.9. The van der Waals surface area contributed by atoms with Crippen molar-refractivity contribution in [2.45, 2.75) is 19.6 Å². The number of ether oxygens (including phenoxy) is 2. The molecule has 0 saturated carbocycles. The van der Waals surface area contributed by atoms with Gasteiger partial charge in [-0.15, -0.1) is 0 Å². The highest BCUT2D eigenvalue weighted by Crippen LogP contribution is 2.26. The van der Waals surface area contributed by atoms with Crippen LogP contribution in [0.25, 0.3) is 11.0 Å². The molecule has 0 bridgehead atoms. The van der Waals surface area contributed by atoms with E-state index in [-0.39, 0.29) is 11.9 Å². The third-order valence-corrected chi connectivity index (χ3v) is 4.68. The van der Waals surface area contributed by atoms with Gasteiger partial charge in [0.25, 0.3) is 5.91 Å². The van der Waals surface area contributed by atoms with Gasteiger partial charge in [0, 0.05) is 12.1 Å². The minimum Gasteiger partial charge on any atom is -0.497 e. The number of aryl methyl sites for hydroxylation is 1. The smallest absolute Gasteiger partial charge is 0.251 e.